The SMILES string of the molecule is CN=C(NCc1ccnc(Oc2ccc(F)cc2)c1)NCc1nc(C(F)(F)F)cs1. The Morgan fingerprint density at radius 1 is 1.13 bits per heavy atom. The van der Waals surface area contributed by atoms with Crippen LogP contribution in [0.1, 0.15) is 16.3 Å². The summed E-state index contributed by atoms with van der Waals surface area (Å²) in [6.45, 7) is 0.476. The molecule has 0 bridgehead atoms. The minimum atomic E-state index is -4.45. The van der Waals surface area contributed by atoms with Crippen molar-refractivity contribution in [2.75, 3.05) is 7.05 Å². The summed E-state index contributed by atoms with van der Waals surface area (Å²) < 4.78 is 56.4. The van der Waals surface area contributed by atoms with Crippen LogP contribution in [0.2, 0.25) is 0 Å². The van der Waals surface area contributed by atoms with Crippen molar-refractivity contribution in [2.24, 2.45) is 4.99 Å². The summed E-state index contributed by atoms with van der Waals surface area (Å²) >= 11 is 0.922. The molecular weight excluding hydrogens is 422 g/mol. The number of rotatable bonds is 6. The van der Waals surface area contributed by atoms with Crippen LogP contribution in [0.5, 0.6) is 11.6 Å². The molecule has 0 unspecified atom stereocenters. The van der Waals surface area contributed by atoms with Gasteiger partial charge in [0.15, 0.2) is 11.7 Å². The van der Waals surface area contributed by atoms with Crippen LogP contribution in [-0.2, 0) is 19.3 Å². The molecule has 158 valence electrons. The number of aromatic nitrogens is 2. The van der Waals surface area contributed by atoms with Crippen molar-refractivity contribution in [3.8, 4) is 11.6 Å². The molecule has 2 heterocycles. The number of hydrogen-bond donors (Lipinski definition) is 2. The molecule has 1 aromatic carbocycles. The molecule has 6 nitrogen and oxygen atoms in total. The number of alkyl halides is 3. The van der Waals surface area contributed by atoms with Gasteiger partial charge in [-0.1, -0.05) is 0 Å². The van der Waals surface area contributed by atoms with Gasteiger partial charge in [0.25, 0.3) is 0 Å². The molecule has 0 aliphatic heterocycles. The van der Waals surface area contributed by atoms with E-state index in [4.69, 9.17) is 4.74 Å². The first kappa shape index (κ1) is 21.5. The number of ether oxygens (including phenoxy) is 1. The van der Waals surface area contributed by atoms with Crippen LogP contribution in [0.4, 0.5) is 17.6 Å². The van der Waals surface area contributed by atoms with Gasteiger partial charge in [0.1, 0.15) is 16.6 Å². The molecule has 0 aliphatic carbocycles. The lowest BCUT2D eigenvalue weighted by Crippen LogP contribution is -2.36. The Bertz CT molecular complexity index is 1000. The van der Waals surface area contributed by atoms with Gasteiger partial charge in [0.05, 0.1) is 6.54 Å². The number of nitrogens with zero attached hydrogens (tertiary/aromatic N) is 3. The lowest BCUT2D eigenvalue weighted by atomic mass is 10.2. The monoisotopic (exact) mass is 439 g/mol. The zero-order valence-electron chi connectivity index (χ0n) is 15.7. The van der Waals surface area contributed by atoms with E-state index in [2.05, 4.69) is 25.6 Å². The van der Waals surface area contributed by atoms with Gasteiger partial charge in [0.2, 0.25) is 5.88 Å². The molecule has 0 spiro atoms. The van der Waals surface area contributed by atoms with Gasteiger partial charge in [0, 0.05) is 31.2 Å². The van der Waals surface area contributed by atoms with Crippen molar-refractivity contribution in [2.45, 2.75) is 19.3 Å². The van der Waals surface area contributed by atoms with E-state index in [1.807, 2.05) is 0 Å². The fraction of sp³-hybridized carbons (Fsp3) is 0.211. The van der Waals surface area contributed by atoms with Gasteiger partial charge in [-0.3, -0.25) is 4.99 Å². The van der Waals surface area contributed by atoms with E-state index in [0.717, 1.165) is 22.3 Å². The summed E-state index contributed by atoms with van der Waals surface area (Å²) in [5, 5.41) is 7.24. The lowest BCUT2D eigenvalue weighted by molar-refractivity contribution is -0.140. The zero-order chi connectivity index (χ0) is 21.6. The highest BCUT2D eigenvalue weighted by Gasteiger charge is 2.33. The quantitative estimate of drug-likeness (QED) is 0.339. The summed E-state index contributed by atoms with van der Waals surface area (Å²) in [6.07, 6.45) is -2.88. The summed E-state index contributed by atoms with van der Waals surface area (Å²) in [6, 6.07) is 9.05. The van der Waals surface area contributed by atoms with Gasteiger partial charge in [-0.05, 0) is 35.9 Å². The number of aliphatic imine (C=N–C) groups is 1. The van der Waals surface area contributed by atoms with E-state index >= 15 is 0 Å². The van der Waals surface area contributed by atoms with Crippen molar-refractivity contribution in [1.29, 1.82) is 0 Å². The Kier molecular flexibility index (Phi) is 6.83. The largest absolute Gasteiger partial charge is 0.439 e. The van der Waals surface area contributed by atoms with E-state index in [1.165, 1.54) is 24.3 Å². The first-order valence-corrected chi connectivity index (χ1v) is 9.56. The smallest absolute Gasteiger partial charge is 0.434 e. The first-order chi connectivity index (χ1) is 14.3. The molecule has 0 fully saturated rings. The molecule has 2 aromatic heterocycles. The van der Waals surface area contributed by atoms with Gasteiger partial charge >= 0.3 is 6.18 Å². The maximum Gasteiger partial charge on any atom is 0.434 e. The number of thiazole rings is 1. The molecule has 3 aromatic rings. The molecule has 0 saturated heterocycles. The highest BCUT2D eigenvalue weighted by Crippen LogP contribution is 2.29. The fourth-order valence-corrected chi connectivity index (χ4v) is 3.07. The molecule has 0 saturated carbocycles. The molecule has 0 aliphatic rings. The molecule has 0 radical (unpaired) electrons. The standard InChI is InChI=1S/C19H17F4N5OS/c1-24-18(27-10-17-28-15(11-30-17)19(21,22)23)26-9-12-6-7-25-16(8-12)29-14-4-2-13(20)3-5-14/h2-8,11H,9-10H2,1H3,(H2,24,26,27). The van der Waals surface area contributed by atoms with Crippen LogP contribution in [0.15, 0.2) is 53.0 Å². The molecule has 2 N–H and O–H groups in total. The van der Waals surface area contributed by atoms with Gasteiger partial charge in [-0.25, -0.2) is 14.4 Å². The number of hydrogen-bond acceptors (Lipinski definition) is 5. The second-order valence-corrected chi connectivity index (χ2v) is 6.90. The van der Waals surface area contributed by atoms with Crippen LogP contribution in [0.3, 0.4) is 0 Å². The number of guanidine groups is 1. The number of pyridine rings is 1. The average molecular weight is 439 g/mol. The van der Waals surface area contributed by atoms with Crippen molar-refractivity contribution < 1.29 is 22.3 Å². The Balaban J connectivity index is 1.53. The number of benzene rings is 1. The van der Waals surface area contributed by atoms with E-state index < -0.39 is 11.9 Å². The van der Waals surface area contributed by atoms with Crippen LogP contribution in [-0.4, -0.2) is 23.0 Å². The average Bonchev–Trinajstić information content (AvgIpc) is 3.20. The normalized spacial score (nSPS) is 12.0. The van der Waals surface area contributed by atoms with Crippen molar-refractivity contribution in [3.63, 3.8) is 0 Å². The number of nitrogens with one attached hydrogen (secondary N) is 2. The van der Waals surface area contributed by atoms with Crippen LogP contribution >= 0.6 is 11.3 Å². The molecule has 0 atom stereocenters. The second kappa shape index (κ2) is 9.53. The molecule has 3 rings (SSSR count). The Labute approximate surface area is 173 Å². The predicted molar refractivity (Wildman–Crippen MR) is 105 cm³/mol. The van der Waals surface area contributed by atoms with Gasteiger partial charge in [-0.15, -0.1) is 11.3 Å². The Morgan fingerprint density at radius 3 is 2.53 bits per heavy atom. The van der Waals surface area contributed by atoms with E-state index in [-0.39, 0.29) is 12.4 Å². The lowest BCUT2D eigenvalue weighted by Gasteiger charge is -2.12. The highest BCUT2D eigenvalue weighted by molar-refractivity contribution is 7.09. The summed E-state index contributed by atoms with van der Waals surface area (Å²) in [4.78, 5) is 11.7. The van der Waals surface area contributed by atoms with Crippen molar-refractivity contribution in [3.05, 3.63) is 70.1 Å². The third kappa shape index (κ3) is 6.14. The molecule has 0 amide bonds. The minimum absolute atomic E-state index is 0.107. The molecular formula is C19H17F4N5OS. The van der Waals surface area contributed by atoms with Crippen molar-refractivity contribution >= 4 is 17.3 Å². The van der Waals surface area contributed by atoms with Gasteiger partial charge < -0.3 is 15.4 Å². The van der Waals surface area contributed by atoms with Gasteiger partial charge in [-0.2, -0.15) is 13.2 Å². The maximum atomic E-state index is 13.0. The first-order valence-electron chi connectivity index (χ1n) is 8.68. The van der Waals surface area contributed by atoms with E-state index in [0.29, 0.717) is 29.1 Å². The topological polar surface area (TPSA) is 71.4 Å². The van der Waals surface area contributed by atoms with Crippen LogP contribution in [0.25, 0.3) is 0 Å². The summed E-state index contributed by atoms with van der Waals surface area (Å²) in [7, 11) is 1.55. The van der Waals surface area contributed by atoms with E-state index in [1.54, 1.807) is 25.4 Å². The van der Waals surface area contributed by atoms with Crippen LogP contribution < -0.4 is 15.4 Å². The minimum Gasteiger partial charge on any atom is -0.439 e. The van der Waals surface area contributed by atoms with E-state index in [9.17, 15) is 17.6 Å². The zero-order valence-corrected chi connectivity index (χ0v) is 16.5. The third-order valence-corrected chi connectivity index (χ3v) is 4.62. The highest BCUT2D eigenvalue weighted by atomic mass is 32.1. The Hall–Kier alpha value is -3.21. The third-order valence-electron chi connectivity index (χ3n) is 3.77. The number of halogens is 4. The van der Waals surface area contributed by atoms with Crippen molar-refractivity contribution in [1.82, 2.24) is 20.6 Å². The molecule has 11 heteroatoms. The second-order valence-electron chi connectivity index (χ2n) is 5.96. The fourth-order valence-electron chi connectivity index (χ4n) is 2.33. The maximum absolute atomic E-state index is 13.0. The Morgan fingerprint density at radius 2 is 1.87 bits per heavy atom. The van der Waals surface area contributed by atoms with Crippen LogP contribution in [0, 0.1) is 5.82 Å². The summed E-state index contributed by atoms with van der Waals surface area (Å²) in [5.41, 5.74) is -0.0728. The molecule has 30 heavy (non-hydrogen) atoms. The predicted octanol–water partition coefficient (Wildman–Crippen LogP) is 4.35. The summed E-state index contributed by atoms with van der Waals surface area (Å²) in [5.74, 6) is 0.829.